The van der Waals surface area contributed by atoms with Crippen LogP contribution >= 0.6 is 23.2 Å². The van der Waals surface area contributed by atoms with Gasteiger partial charge in [0, 0.05) is 28.2 Å². The van der Waals surface area contributed by atoms with Crippen LogP contribution in [0, 0.1) is 6.92 Å². The van der Waals surface area contributed by atoms with Crippen molar-refractivity contribution in [2.24, 2.45) is 0 Å². The molecule has 3 aromatic carbocycles. The van der Waals surface area contributed by atoms with Crippen LogP contribution in [-0.2, 0) is 26.2 Å². The minimum absolute atomic E-state index is 0.0314. The Morgan fingerprint density at radius 3 is 2.14 bits per heavy atom. The fourth-order valence-electron chi connectivity index (χ4n) is 5.43. The van der Waals surface area contributed by atoms with Crippen molar-refractivity contribution >= 4 is 50.7 Å². The number of nitrogens with one attached hydrogen (secondary N) is 1. The minimum Gasteiger partial charge on any atom is -0.497 e. The molecule has 1 aliphatic rings. The molecule has 44 heavy (non-hydrogen) atoms. The van der Waals surface area contributed by atoms with E-state index in [1.165, 1.54) is 24.1 Å². The highest BCUT2D eigenvalue weighted by Gasteiger charge is 2.35. The molecule has 0 spiro atoms. The van der Waals surface area contributed by atoms with Crippen LogP contribution in [0.15, 0.2) is 71.6 Å². The van der Waals surface area contributed by atoms with Crippen LogP contribution in [0.2, 0.25) is 10.0 Å². The van der Waals surface area contributed by atoms with E-state index in [9.17, 15) is 18.0 Å². The van der Waals surface area contributed by atoms with Crippen molar-refractivity contribution in [3.05, 3.63) is 87.9 Å². The van der Waals surface area contributed by atoms with Gasteiger partial charge in [-0.2, -0.15) is 0 Å². The van der Waals surface area contributed by atoms with E-state index in [1.807, 2.05) is 13.8 Å². The van der Waals surface area contributed by atoms with Gasteiger partial charge in [0.05, 0.1) is 17.7 Å². The highest BCUT2D eigenvalue weighted by molar-refractivity contribution is 7.92. The maximum atomic E-state index is 14.3. The summed E-state index contributed by atoms with van der Waals surface area (Å²) in [7, 11) is -2.68. The molecule has 11 heteroatoms. The van der Waals surface area contributed by atoms with Gasteiger partial charge in [-0.15, -0.1) is 0 Å². The number of anilines is 1. The lowest BCUT2D eigenvalue weighted by Gasteiger charge is -2.34. The summed E-state index contributed by atoms with van der Waals surface area (Å²) in [6.45, 7) is 3.05. The molecule has 3 aromatic rings. The Kier molecular flexibility index (Phi) is 11.6. The SMILES string of the molecule is CCC(C(=O)NC1CCCCC1)N(Cc1c(Cl)cccc1Cl)C(=O)CN(c1ccc(OC)cc1)S(=O)(=O)c1ccc(C)cc1. The number of hydrogen-bond acceptors (Lipinski definition) is 5. The second-order valence-electron chi connectivity index (χ2n) is 11.0. The van der Waals surface area contributed by atoms with Gasteiger partial charge in [-0.25, -0.2) is 8.42 Å². The molecule has 1 fully saturated rings. The fraction of sp³-hybridized carbons (Fsp3) is 0.394. The van der Waals surface area contributed by atoms with Crippen LogP contribution in [0.3, 0.4) is 0 Å². The summed E-state index contributed by atoms with van der Waals surface area (Å²) in [5.41, 5.74) is 1.65. The minimum atomic E-state index is -4.19. The molecular formula is C33H39Cl2N3O5S. The molecule has 1 N–H and O–H groups in total. The van der Waals surface area contributed by atoms with E-state index in [-0.39, 0.29) is 29.1 Å². The van der Waals surface area contributed by atoms with Crippen molar-refractivity contribution in [2.75, 3.05) is 18.0 Å². The number of methoxy groups -OCH3 is 1. The third-order valence-electron chi connectivity index (χ3n) is 7.98. The van der Waals surface area contributed by atoms with Crippen molar-refractivity contribution in [3.8, 4) is 5.75 Å². The number of carbonyl (C=O) groups is 2. The van der Waals surface area contributed by atoms with Crippen molar-refractivity contribution in [2.45, 2.75) is 75.9 Å². The highest BCUT2D eigenvalue weighted by Crippen LogP contribution is 2.30. The van der Waals surface area contributed by atoms with Gasteiger partial charge < -0.3 is 15.0 Å². The first-order valence-electron chi connectivity index (χ1n) is 14.8. The van der Waals surface area contributed by atoms with Gasteiger partial charge in [0.1, 0.15) is 18.3 Å². The Labute approximate surface area is 270 Å². The lowest BCUT2D eigenvalue weighted by Crippen LogP contribution is -2.54. The second kappa shape index (κ2) is 15.1. The molecular weight excluding hydrogens is 621 g/mol. The molecule has 0 bridgehead atoms. The number of amides is 2. The molecule has 2 amide bonds. The fourth-order valence-corrected chi connectivity index (χ4v) is 7.36. The Hall–Kier alpha value is -3.27. The number of hydrogen-bond donors (Lipinski definition) is 1. The number of nitrogens with zero attached hydrogens (tertiary/aromatic N) is 2. The Balaban J connectivity index is 1.74. The van der Waals surface area contributed by atoms with Gasteiger partial charge in [0.25, 0.3) is 10.0 Å². The first-order valence-corrected chi connectivity index (χ1v) is 17.0. The van der Waals surface area contributed by atoms with E-state index in [4.69, 9.17) is 27.9 Å². The standard InChI is InChI=1S/C33H39Cl2N3O5S/c1-4-31(33(40)36-24-9-6-5-7-10-24)37(21-28-29(34)11-8-12-30(28)35)32(39)22-38(25-15-17-26(43-3)18-16-25)44(41,42)27-19-13-23(2)14-20-27/h8,11-20,24,31H,4-7,9-10,21-22H2,1-3H3,(H,36,40). The molecule has 1 unspecified atom stereocenters. The Morgan fingerprint density at radius 2 is 1.57 bits per heavy atom. The van der Waals surface area contributed by atoms with Gasteiger partial charge in [-0.3, -0.25) is 13.9 Å². The number of sulfonamides is 1. The predicted molar refractivity (Wildman–Crippen MR) is 175 cm³/mol. The number of carbonyl (C=O) groups excluding carboxylic acids is 2. The van der Waals surface area contributed by atoms with E-state index < -0.39 is 28.5 Å². The first kappa shape index (κ1) is 33.6. The molecule has 0 aliphatic heterocycles. The highest BCUT2D eigenvalue weighted by atomic mass is 35.5. The van der Waals surface area contributed by atoms with Crippen molar-refractivity contribution < 1.29 is 22.7 Å². The summed E-state index contributed by atoms with van der Waals surface area (Å²) < 4.78 is 34.4. The molecule has 0 saturated heterocycles. The molecule has 0 aromatic heterocycles. The number of aryl methyl sites for hydroxylation is 1. The van der Waals surface area contributed by atoms with E-state index in [0.29, 0.717) is 27.8 Å². The van der Waals surface area contributed by atoms with Crippen LogP contribution in [0.4, 0.5) is 5.69 Å². The Morgan fingerprint density at radius 1 is 0.955 bits per heavy atom. The van der Waals surface area contributed by atoms with Gasteiger partial charge in [-0.05, 0) is 74.7 Å². The Bertz CT molecular complexity index is 1520. The van der Waals surface area contributed by atoms with Crippen LogP contribution in [-0.4, -0.2) is 50.9 Å². The number of benzene rings is 3. The normalized spacial score (nSPS) is 14.5. The number of halogens is 2. The van der Waals surface area contributed by atoms with Crippen molar-refractivity contribution in [3.63, 3.8) is 0 Å². The maximum Gasteiger partial charge on any atom is 0.264 e. The summed E-state index contributed by atoms with van der Waals surface area (Å²) in [6, 6.07) is 17.0. The molecule has 1 saturated carbocycles. The molecule has 0 heterocycles. The second-order valence-corrected chi connectivity index (χ2v) is 13.7. The van der Waals surface area contributed by atoms with Gasteiger partial charge in [0.15, 0.2) is 0 Å². The zero-order valence-electron chi connectivity index (χ0n) is 25.3. The van der Waals surface area contributed by atoms with Crippen LogP contribution in [0.1, 0.15) is 56.6 Å². The molecule has 0 radical (unpaired) electrons. The smallest absolute Gasteiger partial charge is 0.264 e. The van der Waals surface area contributed by atoms with E-state index in [1.54, 1.807) is 54.6 Å². The van der Waals surface area contributed by atoms with Gasteiger partial charge >= 0.3 is 0 Å². The number of ether oxygens (including phenoxy) is 1. The summed E-state index contributed by atoms with van der Waals surface area (Å²) in [5.74, 6) is -0.320. The zero-order chi connectivity index (χ0) is 31.9. The van der Waals surface area contributed by atoms with Crippen LogP contribution < -0.4 is 14.4 Å². The van der Waals surface area contributed by atoms with E-state index >= 15 is 0 Å². The summed E-state index contributed by atoms with van der Waals surface area (Å²) >= 11 is 13.0. The molecule has 1 atom stereocenters. The van der Waals surface area contributed by atoms with Crippen LogP contribution in [0.5, 0.6) is 5.75 Å². The third kappa shape index (κ3) is 8.06. The van der Waals surface area contributed by atoms with Gasteiger partial charge in [-0.1, -0.05) is 73.2 Å². The first-order chi connectivity index (χ1) is 21.0. The third-order valence-corrected chi connectivity index (χ3v) is 10.5. The van der Waals surface area contributed by atoms with E-state index in [2.05, 4.69) is 5.32 Å². The summed E-state index contributed by atoms with van der Waals surface area (Å²) in [6.07, 6.45) is 5.27. The van der Waals surface area contributed by atoms with Crippen LogP contribution in [0.25, 0.3) is 0 Å². The largest absolute Gasteiger partial charge is 0.497 e. The summed E-state index contributed by atoms with van der Waals surface area (Å²) in [5, 5.41) is 3.82. The van der Waals surface area contributed by atoms with E-state index in [0.717, 1.165) is 42.0 Å². The molecule has 1 aliphatic carbocycles. The molecule has 236 valence electrons. The average molecular weight is 661 g/mol. The van der Waals surface area contributed by atoms with Crippen molar-refractivity contribution in [1.29, 1.82) is 0 Å². The van der Waals surface area contributed by atoms with Gasteiger partial charge in [0.2, 0.25) is 11.8 Å². The topological polar surface area (TPSA) is 96.0 Å². The van der Waals surface area contributed by atoms with Crippen molar-refractivity contribution in [1.82, 2.24) is 10.2 Å². The molecule has 4 rings (SSSR count). The maximum absolute atomic E-state index is 14.3. The monoisotopic (exact) mass is 659 g/mol. The lowest BCUT2D eigenvalue weighted by atomic mass is 9.95. The average Bonchev–Trinajstić information content (AvgIpc) is 3.01. The zero-order valence-corrected chi connectivity index (χ0v) is 27.6. The molecule has 8 nitrogen and oxygen atoms in total. The quantitative estimate of drug-likeness (QED) is 0.232. The summed E-state index contributed by atoms with van der Waals surface area (Å²) in [4.78, 5) is 29.5. The number of rotatable bonds is 12. The predicted octanol–water partition coefficient (Wildman–Crippen LogP) is 6.76. The lowest BCUT2D eigenvalue weighted by molar-refractivity contribution is -0.140.